The summed E-state index contributed by atoms with van der Waals surface area (Å²) in [4.78, 5) is 12.8. The Morgan fingerprint density at radius 2 is 1.65 bits per heavy atom. The summed E-state index contributed by atoms with van der Waals surface area (Å²) in [6, 6.07) is 9.36. The van der Waals surface area contributed by atoms with Gasteiger partial charge >= 0.3 is 0 Å². The molecular weight excluding hydrogens is 402 g/mol. The Morgan fingerprint density at radius 3 is 2.27 bits per heavy atom. The molecule has 132 valence electrons. The van der Waals surface area contributed by atoms with Crippen LogP contribution in [0.25, 0.3) is 11.3 Å². The van der Waals surface area contributed by atoms with E-state index in [0.29, 0.717) is 4.73 Å². The Kier molecular flexibility index (Phi) is 5.05. The van der Waals surface area contributed by atoms with Gasteiger partial charge in [0.15, 0.2) is 12.0 Å². The number of pyridine rings is 1. The number of ketones is 1. The molecule has 3 aromatic rings. The van der Waals surface area contributed by atoms with Crippen molar-refractivity contribution >= 4 is 46.3 Å². The van der Waals surface area contributed by atoms with E-state index in [1.807, 2.05) is 0 Å². The second-order valence-electron chi connectivity index (χ2n) is 5.37. The SMILES string of the molecule is Nc1c(C(=O)c2ccc(F)cc2Cl)cc[n+]([O-])c1-c1c(Cl)cccc1Cl. The van der Waals surface area contributed by atoms with Gasteiger partial charge in [0, 0.05) is 11.6 Å². The van der Waals surface area contributed by atoms with Crippen LogP contribution in [0.1, 0.15) is 15.9 Å². The minimum Gasteiger partial charge on any atom is -0.618 e. The molecule has 2 N–H and O–H groups in total. The highest BCUT2D eigenvalue weighted by Gasteiger charge is 2.26. The number of hydrogen-bond acceptors (Lipinski definition) is 3. The zero-order chi connectivity index (χ0) is 19.0. The van der Waals surface area contributed by atoms with Gasteiger partial charge < -0.3 is 10.9 Å². The molecule has 0 spiro atoms. The van der Waals surface area contributed by atoms with Gasteiger partial charge in [-0.15, -0.1) is 0 Å². The number of nitrogen functional groups attached to an aromatic ring is 1. The molecule has 0 atom stereocenters. The minimum absolute atomic E-state index is 0.0246. The van der Waals surface area contributed by atoms with Crippen LogP contribution in [0.4, 0.5) is 10.1 Å². The van der Waals surface area contributed by atoms with Crippen LogP contribution in [-0.4, -0.2) is 5.78 Å². The van der Waals surface area contributed by atoms with Crippen LogP contribution in [0.15, 0.2) is 48.7 Å². The predicted molar refractivity (Wildman–Crippen MR) is 100 cm³/mol. The minimum atomic E-state index is -0.575. The maximum atomic E-state index is 13.2. The van der Waals surface area contributed by atoms with Crippen LogP contribution in [0.3, 0.4) is 0 Å². The third kappa shape index (κ3) is 3.21. The van der Waals surface area contributed by atoms with Crippen LogP contribution >= 0.6 is 34.8 Å². The van der Waals surface area contributed by atoms with Crippen molar-refractivity contribution in [3.8, 4) is 11.3 Å². The standard InChI is InChI=1S/C18H10Cl3FN2O2/c19-12-2-1-3-13(20)15(12)17-16(23)11(6-7-24(17)26)18(25)10-5-4-9(22)8-14(10)21/h1-8H,23H2. The van der Waals surface area contributed by atoms with E-state index >= 15 is 0 Å². The highest BCUT2D eigenvalue weighted by Crippen LogP contribution is 2.37. The molecule has 0 saturated carbocycles. The highest BCUT2D eigenvalue weighted by molar-refractivity contribution is 6.39. The molecule has 0 bridgehead atoms. The quantitative estimate of drug-likeness (QED) is 0.378. The first-order chi connectivity index (χ1) is 12.3. The van der Waals surface area contributed by atoms with E-state index in [2.05, 4.69) is 0 Å². The lowest BCUT2D eigenvalue weighted by molar-refractivity contribution is -0.593. The van der Waals surface area contributed by atoms with Gasteiger partial charge in [-0.05, 0) is 30.3 Å². The van der Waals surface area contributed by atoms with E-state index in [4.69, 9.17) is 40.5 Å². The van der Waals surface area contributed by atoms with Crippen molar-refractivity contribution in [2.24, 2.45) is 0 Å². The average molecular weight is 412 g/mol. The molecule has 1 aromatic heterocycles. The maximum absolute atomic E-state index is 13.2. The molecule has 0 radical (unpaired) electrons. The molecule has 0 aliphatic carbocycles. The maximum Gasteiger partial charge on any atom is 0.250 e. The molecule has 3 rings (SSSR count). The number of rotatable bonds is 3. The van der Waals surface area contributed by atoms with Gasteiger partial charge in [-0.2, -0.15) is 4.73 Å². The van der Waals surface area contributed by atoms with Crippen molar-refractivity contribution in [1.82, 2.24) is 0 Å². The van der Waals surface area contributed by atoms with Crippen LogP contribution in [-0.2, 0) is 0 Å². The lowest BCUT2D eigenvalue weighted by Crippen LogP contribution is -2.31. The first-order valence-corrected chi connectivity index (χ1v) is 8.40. The molecule has 0 fully saturated rings. The van der Waals surface area contributed by atoms with Gasteiger partial charge in [0.05, 0.1) is 26.2 Å². The van der Waals surface area contributed by atoms with E-state index in [1.54, 1.807) is 18.2 Å². The van der Waals surface area contributed by atoms with Crippen LogP contribution < -0.4 is 10.5 Å². The van der Waals surface area contributed by atoms with Gasteiger partial charge in [-0.1, -0.05) is 40.9 Å². The molecule has 26 heavy (non-hydrogen) atoms. The summed E-state index contributed by atoms with van der Waals surface area (Å²) in [7, 11) is 0. The topological polar surface area (TPSA) is 70.0 Å². The average Bonchev–Trinajstić information content (AvgIpc) is 2.57. The number of benzene rings is 2. The summed E-state index contributed by atoms with van der Waals surface area (Å²) in [5.74, 6) is -1.13. The zero-order valence-electron chi connectivity index (χ0n) is 13.0. The van der Waals surface area contributed by atoms with E-state index < -0.39 is 11.6 Å². The Labute approximate surface area is 163 Å². The number of aromatic nitrogens is 1. The Morgan fingerprint density at radius 1 is 1.00 bits per heavy atom. The fourth-order valence-electron chi connectivity index (χ4n) is 2.54. The molecule has 0 unspecified atom stereocenters. The van der Waals surface area contributed by atoms with Crippen molar-refractivity contribution < 1.29 is 13.9 Å². The normalized spacial score (nSPS) is 10.8. The highest BCUT2D eigenvalue weighted by atomic mass is 35.5. The van der Waals surface area contributed by atoms with Crippen LogP contribution in [0.2, 0.25) is 15.1 Å². The zero-order valence-corrected chi connectivity index (χ0v) is 15.2. The first kappa shape index (κ1) is 18.5. The second kappa shape index (κ2) is 7.11. The number of carbonyl (C=O) groups excluding carboxylic acids is 1. The number of nitrogens with zero attached hydrogens (tertiary/aromatic N) is 1. The lowest BCUT2D eigenvalue weighted by atomic mass is 9.99. The van der Waals surface area contributed by atoms with Gasteiger partial charge in [-0.25, -0.2) is 4.39 Å². The molecular formula is C18H10Cl3FN2O2. The summed E-state index contributed by atoms with van der Waals surface area (Å²) in [5.41, 5.74) is 6.23. The fourth-order valence-corrected chi connectivity index (χ4v) is 3.37. The summed E-state index contributed by atoms with van der Waals surface area (Å²) in [6.07, 6.45) is 1.12. The summed E-state index contributed by atoms with van der Waals surface area (Å²) in [5, 5.41) is 12.6. The van der Waals surface area contributed by atoms with Crippen LogP contribution in [0, 0.1) is 11.0 Å². The Hall–Kier alpha value is -2.34. The number of halogens is 4. The Bertz CT molecular complexity index is 1020. The molecule has 4 nitrogen and oxygen atoms in total. The molecule has 0 aliphatic rings. The number of anilines is 1. The summed E-state index contributed by atoms with van der Waals surface area (Å²) >= 11 is 18.3. The van der Waals surface area contributed by atoms with Crippen molar-refractivity contribution in [2.75, 3.05) is 5.73 Å². The molecule has 2 aromatic carbocycles. The fraction of sp³-hybridized carbons (Fsp3) is 0. The molecule has 0 amide bonds. The molecule has 1 heterocycles. The molecule has 8 heteroatoms. The number of hydrogen-bond donors (Lipinski definition) is 1. The van der Waals surface area contributed by atoms with Crippen molar-refractivity contribution in [3.63, 3.8) is 0 Å². The van der Waals surface area contributed by atoms with Crippen molar-refractivity contribution in [2.45, 2.75) is 0 Å². The third-order valence-electron chi connectivity index (χ3n) is 3.76. The van der Waals surface area contributed by atoms with Crippen molar-refractivity contribution in [3.05, 3.63) is 85.9 Å². The predicted octanol–water partition coefficient (Wildman–Crippen LogP) is 4.90. The van der Waals surface area contributed by atoms with E-state index in [1.165, 1.54) is 12.1 Å². The van der Waals surface area contributed by atoms with Gasteiger partial charge in [0.25, 0.3) is 5.69 Å². The molecule has 0 aliphatic heterocycles. The Balaban J connectivity index is 2.21. The monoisotopic (exact) mass is 410 g/mol. The summed E-state index contributed by atoms with van der Waals surface area (Å²) in [6.45, 7) is 0. The third-order valence-corrected chi connectivity index (χ3v) is 4.70. The van der Waals surface area contributed by atoms with Crippen molar-refractivity contribution in [1.29, 1.82) is 0 Å². The second-order valence-corrected chi connectivity index (χ2v) is 6.59. The van der Waals surface area contributed by atoms with E-state index in [9.17, 15) is 14.4 Å². The van der Waals surface area contributed by atoms with E-state index in [0.717, 1.165) is 18.3 Å². The number of carbonyl (C=O) groups is 1. The first-order valence-electron chi connectivity index (χ1n) is 7.27. The van der Waals surface area contributed by atoms with Gasteiger partial charge in [0.1, 0.15) is 11.5 Å². The van der Waals surface area contributed by atoms with Gasteiger partial charge in [-0.3, -0.25) is 4.79 Å². The van der Waals surface area contributed by atoms with Gasteiger partial charge in [0.2, 0.25) is 0 Å². The van der Waals surface area contributed by atoms with Crippen LogP contribution in [0.5, 0.6) is 0 Å². The molecule has 0 saturated heterocycles. The number of nitrogens with two attached hydrogens (primary N) is 1. The smallest absolute Gasteiger partial charge is 0.250 e. The summed E-state index contributed by atoms with van der Waals surface area (Å²) < 4.78 is 13.7. The lowest BCUT2D eigenvalue weighted by Gasteiger charge is -2.13. The van der Waals surface area contributed by atoms with E-state index in [-0.39, 0.29) is 43.1 Å². The largest absolute Gasteiger partial charge is 0.618 e.